The van der Waals surface area contributed by atoms with Gasteiger partial charge in [0.05, 0.1) is 0 Å². The number of nitrogens with zero attached hydrogens (tertiary/aromatic N) is 3. The second-order valence-electron chi connectivity index (χ2n) is 1.67. The quantitative estimate of drug-likeness (QED) is 0.386. The molecule has 0 aromatic carbocycles. The molecule has 1 aliphatic rings. The van der Waals surface area contributed by atoms with Crippen LogP contribution in [0.15, 0.2) is 22.1 Å². The van der Waals surface area contributed by atoms with E-state index in [4.69, 9.17) is 11.5 Å². The van der Waals surface area contributed by atoms with E-state index in [0.717, 1.165) is 5.23 Å². The summed E-state index contributed by atoms with van der Waals surface area (Å²) in [7, 11) is 0. The van der Waals surface area contributed by atoms with Gasteiger partial charge < -0.3 is 11.5 Å². The van der Waals surface area contributed by atoms with Crippen molar-refractivity contribution in [3.63, 3.8) is 0 Å². The van der Waals surface area contributed by atoms with E-state index in [9.17, 15) is 0 Å². The van der Waals surface area contributed by atoms with Crippen LogP contribution in [0.25, 0.3) is 0 Å². The van der Waals surface area contributed by atoms with Gasteiger partial charge in [0.15, 0.2) is 5.84 Å². The van der Waals surface area contributed by atoms with Crippen LogP contribution >= 0.6 is 0 Å². The molecule has 10 heavy (non-hydrogen) atoms. The Balaban J connectivity index is 2.76. The van der Waals surface area contributed by atoms with Crippen LogP contribution in [0.5, 0.6) is 0 Å². The molecule has 6 heteroatoms. The fourth-order valence-electron chi connectivity index (χ4n) is 0.537. The molecule has 0 aliphatic carbocycles. The summed E-state index contributed by atoms with van der Waals surface area (Å²) in [5.74, 6) is 0.684. The van der Waals surface area contributed by atoms with E-state index in [0.29, 0.717) is 11.7 Å². The van der Waals surface area contributed by atoms with E-state index in [1.54, 1.807) is 0 Å². The van der Waals surface area contributed by atoms with Crippen LogP contribution in [0.1, 0.15) is 0 Å². The number of rotatable bonds is 1. The van der Waals surface area contributed by atoms with Crippen LogP contribution in [0.4, 0.5) is 0 Å². The summed E-state index contributed by atoms with van der Waals surface area (Å²) in [6, 6.07) is 0. The summed E-state index contributed by atoms with van der Waals surface area (Å²) in [5, 5.41) is 8.20. The van der Waals surface area contributed by atoms with Crippen molar-refractivity contribution in [3.8, 4) is 0 Å². The molecule has 0 spiro atoms. The Morgan fingerprint density at radius 3 is 2.90 bits per heavy atom. The number of hydrogen-bond donors (Lipinski definition) is 3. The molecule has 0 saturated carbocycles. The molecule has 1 aliphatic heterocycles. The molecular weight excluding hydrogens is 132 g/mol. The Labute approximate surface area is 57.8 Å². The molecule has 0 atom stereocenters. The molecule has 0 amide bonds. The average molecular weight is 140 g/mol. The fourth-order valence-corrected chi connectivity index (χ4v) is 0.537. The van der Waals surface area contributed by atoms with E-state index >= 15 is 0 Å². The van der Waals surface area contributed by atoms with Crippen molar-refractivity contribution in [1.82, 2.24) is 10.7 Å². The lowest BCUT2D eigenvalue weighted by molar-refractivity contribution is 0.231. The topological polar surface area (TPSA) is 92.0 Å². The zero-order valence-electron chi connectivity index (χ0n) is 5.28. The normalized spacial score (nSPS) is 17.0. The number of nitrogens with two attached hydrogens (primary N) is 2. The van der Waals surface area contributed by atoms with Crippen LogP contribution in [0.2, 0.25) is 0 Å². The van der Waals surface area contributed by atoms with Crippen LogP contribution in [-0.2, 0) is 0 Å². The molecule has 0 fully saturated rings. The zero-order chi connectivity index (χ0) is 7.56. The number of hydrazine groups is 1. The number of amidine groups is 1. The molecule has 1 heterocycles. The van der Waals surface area contributed by atoms with E-state index < -0.39 is 0 Å². The molecule has 54 valence electrons. The summed E-state index contributed by atoms with van der Waals surface area (Å²) in [6.45, 7) is 3.22. The van der Waals surface area contributed by atoms with E-state index in [1.165, 1.54) is 6.08 Å². The second-order valence-corrected chi connectivity index (χ2v) is 1.67. The van der Waals surface area contributed by atoms with Gasteiger partial charge in [-0.05, 0) is 0 Å². The van der Waals surface area contributed by atoms with Crippen LogP contribution in [0.3, 0.4) is 0 Å². The summed E-state index contributed by atoms with van der Waals surface area (Å²) in [5.41, 5.74) is 13.2. The van der Waals surface area contributed by atoms with Gasteiger partial charge in [0.2, 0.25) is 0 Å². The van der Waals surface area contributed by atoms with Gasteiger partial charge in [-0.15, -0.1) is 10.2 Å². The summed E-state index contributed by atoms with van der Waals surface area (Å²) in [4.78, 5) is 0. The van der Waals surface area contributed by atoms with Crippen molar-refractivity contribution >= 4 is 12.6 Å². The highest BCUT2D eigenvalue weighted by Crippen LogP contribution is 1.93. The number of hydrazone groups is 2. The monoisotopic (exact) mass is 140 g/mol. The molecule has 0 aromatic rings. The molecular formula is C4H8N6. The highest BCUT2D eigenvalue weighted by Gasteiger charge is 2.04. The van der Waals surface area contributed by atoms with Gasteiger partial charge in [0.25, 0.3) is 0 Å². The molecule has 5 N–H and O–H groups in total. The van der Waals surface area contributed by atoms with E-state index in [2.05, 4.69) is 22.3 Å². The molecule has 6 nitrogen and oxygen atoms in total. The first-order valence-electron chi connectivity index (χ1n) is 2.57. The Hall–Kier alpha value is -1.72. The molecule has 0 unspecified atom stereocenters. The third-order valence-corrected chi connectivity index (χ3v) is 0.877. The van der Waals surface area contributed by atoms with E-state index in [-0.39, 0.29) is 0 Å². The second kappa shape index (κ2) is 2.26. The fraction of sp³-hybridized carbons (Fsp3) is 0. The lowest BCUT2D eigenvalue weighted by atomic mass is 10.5. The number of nitrogens with one attached hydrogen (secondary N) is 1. The molecule has 0 saturated heterocycles. The third kappa shape index (κ3) is 1.16. The van der Waals surface area contributed by atoms with Gasteiger partial charge in [-0.2, -0.15) is 0 Å². The molecule has 0 radical (unpaired) electrons. The van der Waals surface area contributed by atoms with Gasteiger partial charge in [-0.3, -0.25) is 0 Å². The average Bonchev–Trinajstić information content (AvgIpc) is 1.85. The maximum absolute atomic E-state index is 5.35. The summed E-state index contributed by atoms with van der Waals surface area (Å²) in [6.07, 6.45) is 1.49. The minimum absolute atomic E-state index is 0.295. The smallest absolute Gasteiger partial charge is 0.151 e. The van der Waals surface area contributed by atoms with Crippen LogP contribution in [-0.4, -0.2) is 17.8 Å². The van der Waals surface area contributed by atoms with Crippen molar-refractivity contribution < 1.29 is 0 Å². The predicted octanol–water partition coefficient (Wildman–Crippen LogP) is -1.51. The van der Waals surface area contributed by atoms with Crippen molar-refractivity contribution in [2.75, 3.05) is 0 Å². The summed E-state index contributed by atoms with van der Waals surface area (Å²) < 4.78 is 0. The van der Waals surface area contributed by atoms with E-state index in [1.807, 2.05) is 0 Å². The largest absolute Gasteiger partial charge is 0.384 e. The zero-order valence-corrected chi connectivity index (χ0v) is 5.28. The van der Waals surface area contributed by atoms with Gasteiger partial charge in [-0.1, -0.05) is 5.23 Å². The first-order chi connectivity index (χ1) is 4.72. The first-order valence-corrected chi connectivity index (χ1v) is 2.57. The first kappa shape index (κ1) is 6.40. The SMILES string of the molecule is C=NN1N=C(N)C=C(N)N1. The van der Waals surface area contributed by atoms with Gasteiger partial charge in [0.1, 0.15) is 5.82 Å². The molecule has 0 aromatic heterocycles. The van der Waals surface area contributed by atoms with Gasteiger partial charge in [-0.25, -0.2) is 5.43 Å². The third-order valence-electron chi connectivity index (χ3n) is 0.877. The Morgan fingerprint density at radius 1 is 1.70 bits per heavy atom. The summed E-state index contributed by atoms with van der Waals surface area (Å²) >= 11 is 0. The Bertz CT molecular complexity index is 204. The highest BCUT2D eigenvalue weighted by molar-refractivity contribution is 5.92. The van der Waals surface area contributed by atoms with Crippen LogP contribution < -0.4 is 16.9 Å². The molecule has 0 bridgehead atoms. The lowest BCUT2D eigenvalue weighted by Gasteiger charge is -2.18. The maximum Gasteiger partial charge on any atom is 0.151 e. The van der Waals surface area contributed by atoms with Crippen LogP contribution in [0, 0.1) is 0 Å². The minimum atomic E-state index is 0.295. The standard InChI is InChI=1S/C4H8N6/c1-7-10-8-3(5)2-4(6)9-10/h2,8H,1,5H2,(H2,6,9). The van der Waals surface area contributed by atoms with Gasteiger partial charge in [0, 0.05) is 12.8 Å². The molecule has 1 rings (SSSR count). The number of hydrogen-bond acceptors (Lipinski definition) is 6. The minimum Gasteiger partial charge on any atom is -0.384 e. The predicted molar refractivity (Wildman–Crippen MR) is 38.4 cm³/mol. The van der Waals surface area contributed by atoms with Crippen molar-refractivity contribution in [3.05, 3.63) is 11.9 Å². The van der Waals surface area contributed by atoms with Crippen molar-refractivity contribution in [2.24, 2.45) is 21.7 Å². The Morgan fingerprint density at radius 2 is 2.40 bits per heavy atom. The Kier molecular flexibility index (Phi) is 1.44. The van der Waals surface area contributed by atoms with Crippen molar-refractivity contribution in [2.45, 2.75) is 0 Å². The lowest BCUT2D eigenvalue weighted by Crippen LogP contribution is -2.38. The van der Waals surface area contributed by atoms with Crippen molar-refractivity contribution in [1.29, 1.82) is 0 Å². The highest BCUT2D eigenvalue weighted by atomic mass is 15.9. The maximum atomic E-state index is 5.35. The van der Waals surface area contributed by atoms with Gasteiger partial charge >= 0.3 is 0 Å².